The molecule has 0 aliphatic heterocycles. The van der Waals surface area contributed by atoms with Crippen molar-refractivity contribution >= 4 is 50.9 Å². The van der Waals surface area contributed by atoms with E-state index in [2.05, 4.69) is 27.6 Å². The minimum absolute atomic E-state index is 0.0568. The maximum absolute atomic E-state index is 12.9. The number of halogens is 2. The third-order valence-corrected chi connectivity index (χ3v) is 5.23. The van der Waals surface area contributed by atoms with Crippen LogP contribution in [0.3, 0.4) is 0 Å². The number of nitrogens with one attached hydrogen (secondary N) is 1. The first kappa shape index (κ1) is 17.9. The van der Waals surface area contributed by atoms with Gasteiger partial charge in [0, 0.05) is 36.7 Å². The number of hydrogen-bond acceptors (Lipinski definition) is 2. The number of rotatable bonds is 3. The van der Waals surface area contributed by atoms with E-state index >= 15 is 0 Å². The molecule has 0 bridgehead atoms. The molecule has 0 fully saturated rings. The Hall–Kier alpha value is -2.44. The average molecular weight is 486 g/mol. The van der Waals surface area contributed by atoms with Crippen molar-refractivity contribution in [2.45, 2.75) is 0 Å². The number of ketones is 1. The molecule has 0 unspecified atom stereocenters. The van der Waals surface area contributed by atoms with E-state index in [-0.39, 0.29) is 11.3 Å². The van der Waals surface area contributed by atoms with E-state index < -0.39 is 0 Å². The smallest absolute Gasteiger partial charge is 0.249 e. The Bertz CT molecular complexity index is 1250. The highest BCUT2D eigenvalue weighted by molar-refractivity contribution is 14.1. The molecular weight excluding hydrogens is 473 g/mol. The van der Waals surface area contributed by atoms with E-state index in [1.54, 1.807) is 24.3 Å². The molecule has 0 saturated carbocycles. The van der Waals surface area contributed by atoms with Crippen LogP contribution in [0.25, 0.3) is 22.0 Å². The molecule has 0 amide bonds. The van der Waals surface area contributed by atoms with Gasteiger partial charge >= 0.3 is 0 Å². The standard InChI is InChI=1S/C22H13ClINO2/c23-16-5-1-3-13(9-16)18-12-21(26)25-20-8-7-15(11-19(18)20)22(27)14-4-2-6-17(24)10-14/h1-12H,(H,25,26). The second kappa shape index (κ2) is 7.29. The van der Waals surface area contributed by atoms with Crippen LogP contribution in [-0.2, 0) is 0 Å². The van der Waals surface area contributed by atoms with E-state index in [4.69, 9.17) is 11.6 Å². The summed E-state index contributed by atoms with van der Waals surface area (Å²) in [6.45, 7) is 0. The Kier molecular flexibility index (Phi) is 4.85. The number of aromatic amines is 1. The second-order valence-corrected chi connectivity index (χ2v) is 7.84. The maximum atomic E-state index is 12.9. The van der Waals surface area contributed by atoms with E-state index in [1.165, 1.54) is 6.07 Å². The van der Waals surface area contributed by atoms with Crippen molar-refractivity contribution in [3.8, 4) is 11.1 Å². The van der Waals surface area contributed by atoms with Gasteiger partial charge in [0.2, 0.25) is 5.56 Å². The molecule has 0 aliphatic rings. The maximum Gasteiger partial charge on any atom is 0.249 e. The van der Waals surface area contributed by atoms with Crippen molar-refractivity contribution in [2.24, 2.45) is 0 Å². The van der Waals surface area contributed by atoms with E-state index in [0.717, 1.165) is 20.1 Å². The van der Waals surface area contributed by atoms with Gasteiger partial charge in [0.05, 0.1) is 0 Å². The highest BCUT2D eigenvalue weighted by Crippen LogP contribution is 2.29. The molecule has 4 rings (SSSR count). The Labute approximate surface area is 174 Å². The lowest BCUT2D eigenvalue weighted by Gasteiger charge is -2.09. The highest BCUT2D eigenvalue weighted by atomic mass is 127. The van der Waals surface area contributed by atoms with Gasteiger partial charge in [0.25, 0.3) is 0 Å². The third kappa shape index (κ3) is 3.68. The van der Waals surface area contributed by atoms with E-state index in [9.17, 15) is 9.59 Å². The summed E-state index contributed by atoms with van der Waals surface area (Å²) in [5.41, 5.74) is 3.26. The summed E-state index contributed by atoms with van der Waals surface area (Å²) >= 11 is 8.31. The number of carbonyl (C=O) groups is 1. The van der Waals surface area contributed by atoms with Gasteiger partial charge in [-0.05, 0) is 76.2 Å². The molecule has 1 N–H and O–H groups in total. The van der Waals surface area contributed by atoms with Crippen molar-refractivity contribution in [3.63, 3.8) is 0 Å². The molecular formula is C22H13ClINO2. The first-order valence-electron chi connectivity index (χ1n) is 8.24. The quantitative estimate of drug-likeness (QED) is 0.300. The number of carbonyl (C=O) groups excluding carboxylic acids is 1. The predicted molar refractivity (Wildman–Crippen MR) is 118 cm³/mol. The van der Waals surface area contributed by atoms with Crippen LogP contribution in [0.1, 0.15) is 15.9 Å². The van der Waals surface area contributed by atoms with Crippen LogP contribution in [0.2, 0.25) is 5.02 Å². The van der Waals surface area contributed by atoms with Gasteiger partial charge in [-0.15, -0.1) is 0 Å². The summed E-state index contributed by atoms with van der Waals surface area (Å²) in [6.07, 6.45) is 0. The molecule has 132 valence electrons. The first-order chi connectivity index (χ1) is 13.0. The fourth-order valence-corrected chi connectivity index (χ4v) is 3.82. The van der Waals surface area contributed by atoms with E-state index in [0.29, 0.717) is 21.7 Å². The van der Waals surface area contributed by atoms with Gasteiger partial charge < -0.3 is 4.98 Å². The van der Waals surface area contributed by atoms with Crippen molar-refractivity contribution in [3.05, 3.63) is 103 Å². The zero-order valence-electron chi connectivity index (χ0n) is 14.0. The van der Waals surface area contributed by atoms with Crippen molar-refractivity contribution < 1.29 is 4.79 Å². The Morgan fingerprint density at radius 2 is 1.67 bits per heavy atom. The molecule has 1 aromatic heterocycles. The predicted octanol–water partition coefficient (Wildman–Crippen LogP) is 5.68. The van der Waals surface area contributed by atoms with Gasteiger partial charge in [-0.25, -0.2) is 0 Å². The number of fused-ring (bicyclic) bond motifs is 1. The summed E-state index contributed by atoms with van der Waals surface area (Å²) in [7, 11) is 0. The van der Waals surface area contributed by atoms with Gasteiger partial charge in [-0.2, -0.15) is 0 Å². The molecule has 0 aliphatic carbocycles. The van der Waals surface area contributed by atoms with Crippen LogP contribution in [0.4, 0.5) is 0 Å². The third-order valence-electron chi connectivity index (χ3n) is 4.33. The zero-order valence-corrected chi connectivity index (χ0v) is 16.9. The summed E-state index contributed by atoms with van der Waals surface area (Å²) in [6, 6.07) is 21.7. The number of pyridine rings is 1. The average Bonchev–Trinajstić information content (AvgIpc) is 2.66. The van der Waals surface area contributed by atoms with E-state index in [1.807, 2.05) is 42.5 Å². The summed E-state index contributed by atoms with van der Waals surface area (Å²) in [5, 5.41) is 1.39. The van der Waals surface area contributed by atoms with Crippen LogP contribution < -0.4 is 5.56 Å². The van der Waals surface area contributed by atoms with Gasteiger partial charge in [-0.1, -0.05) is 35.9 Å². The van der Waals surface area contributed by atoms with Gasteiger partial charge in [0.15, 0.2) is 5.78 Å². The van der Waals surface area contributed by atoms with Crippen molar-refractivity contribution in [2.75, 3.05) is 0 Å². The van der Waals surface area contributed by atoms with Crippen molar-refractivity contribution in [1.29, 1.82) is 0 Å². The van der Waals surface area contributed by atoms with Crippen LogP contribution in [0, 0.1) is 3.57 Å². The first-order valence-corrected chi connectivity index (χ1v) is 9.70. The minimum atomic E-state index is -0.200. The molecule has 0 radical (unpaired) electrons. The molecule has 27 heavy (non-hydrogen) atoms. The highest BCUT2D eigenvalue weighted by Gasteiger charge is 2.13. The Morgan fingerprint density at radius 1 is 0.889 bits per heavy atom. The largest absolute Gasteiger partial charge is 0.322 e. The molecule has 5 heteroatoms. The second-order valence-electron chi connectivity index (χ2n) is 6.16. The Morgan fingerprint density at radius 3 is 2.44 bits per heavy atom. The minimum Gasteiger partial charge on any atom is -0.322 e. The molecule has 4 aromatic rings. The lowest BCUT2D eigenvalue weighted by atomic mass is 9.97. The Balaban J connectivity index is 1.91. The topological polar surface area (TPSA) is 49.9 Å². The van der Waals surface area contributed by atoms with Crippen LogP contribution in [0.15, 0.2) is 77.6 Å². The molecule has 0 spiro atoms. The van der Waals surface area contributed by atoms with Gasteiger partial charge in [-0.3, -0.25) is 9.59 Å². The lowest BCUT2D eigenvalue weighted by molar-refractivity contribution is 0.103. The van der Waals surface area contributed by atoms with Crippen LogP contribution in [0.5, 0.6) is 0 Å². The van der Waals surface area contributed by atoms with Crippen LogP contribution >= 0.6 is 34.2 Å². The number of aromatic nitrogens is 1. The molecule has 3 nitrogen and oxygen atoms in total. The summed E-state index contributed by atoms with van der Waals surface area (Å²) < 4.78 is 1.00. The van der Waals surface area contributed by atoms with Crippen LogP contribution in [-0.4, -0.2) is 10.8 Å². The van der Waals surface area contributed by atoms with Gasteiger partial charge in [0.1, 0.15) is 0 Å². The number of hydrogen-bond donors (Lipinski definition) is 1. The zero-order chi connectivity index (χ0) is 19.0. The normalized spacial score (nSPS) is 10.9. The molecule has 0 atom stereocenters. The fourth-order valence-electron chi connectivity index (χ4n) is 3.09. The number of benzene rings is 3. The number of H-pyrrole nitrogens is 1. The summed E-state index contributed by atoms with van der Waals surface area (Å²) in [4.78, 5) is 27.8. The summed E-state index contributed by atoms with van der Waals surface area (Å²) in [5.74, 6) is -0.0568. The van der Waals surface area contributed by atoms with Crippen molar-refractivity contribution in [1.82, 2.24) is 4.98 Å². The molecule has 3 aromatic carbocycles. The molecule has 0 saturated heterocycles. The monoisotopic (exact) mass is 485 g/mol. The lowest BCUT2D eigenvalue weighted by Crippen LogP contribution is -2.06. The SMILES string of the molecule is O=C(c1cccc(I)c1)c1ccc2[nH]c(=O)cc(-c3cccc(Cl)c3)c2c1. The fraction of sp³-hybridized carbons (Fsp3) is 0. The molecule has 1 heterocycles.